The summed E-state index contributed by atoms with van der Waals surface area (Å²) in [6.45, 7) is 0.173. The molecule has 0 saturated heterocycles. The number of nitrogens with one attached hydrogen (secondary N) is 1. The molecule has 1 N–H and O–H groups in total. The van der Waals surface area contributed by atoms with Gasteiger partial charge in [0, 0.05) is 34.3 Å². The van der Waals surface area contributed by atoms with Crippen molar-refractivity contribution in [3.63, 3.8) is 0 Å². The van der Waals surface area contributed by atoms with Crippen LogP contribution < -0.4 is 4.72 Å². The normalized spacial score (nSPS) is 11.6. The van der Waals surface area contributed by atoms with Gasteiger partial charge in [-0.25, -0.2) is 8.42 Å². The van der Waals surface area contributed by atoms with Crippen LogP contribution in [-0.2, 0) is 21.4 Å². The average molecular weight is 504 g/mol. The van der Waals surface area contributed by atoms with E-state index in [1.54, 1.807) is 36.4 Å². The first-order chi connectivity index (χ1) is 15.7. The van der Waals surface area contributed by atoms with Crippen molar-refractivity contribution in [3.05, 3.63) is 87.6 Å². The fourth-order valence-electron chi connectivity index (χ4n) is 3.57. The summed E-state index contributed by atoms with van der Waals surface area (Å²) in [5.41, 5.74) is 3.40. The van der Waals surface area contributed by atoms with E-state index in [1.807, 2.05) is 18.2 Å². The quantitative estimate of drug-likeness (QED) is 0.305. The molecule has 0 aliphatic rings. The van der Waals surface area contributed by atoms with Crippen LogP contribution in [0.1, 0.15) is 21.7 Å². The third-order valence-corrected chi connectivity index (χ3v) is 6.12. The van der Waals surface area contributed by atoms with Crippen LogP contribution in [-0.4, -0.2) is 27.6 Å². The van der Waals surface area contributed by atoms with E-state index < -0.39 is 10.0 Å². The molecule has 0 bridgehead atoms. The number of anilines is 1. The molecule has 0 fully saturated rings. The summed E-state index contributed by atoms with van der Waals surface area (Å²) in [5, 5.41) is 1.39. The predicted molar refractivity (Wildman–Crippen MR) is 131 cm³/mol. The Labute approximate surface area is 201 Å². The second-order valence-corrected chi connectivity index (χ2v) is 10.1. The number of hydrogen-bond acceptors (Lipinski definition) is 5. The second-order valence-electron chi connectivity index (χ2n) is 7.46. The van der Waals surface area contributed by atoms with Gasteiger partial charge in [0.2, 0.25) is 15.8 Å². The summed E-state index contributed by atoms with van der Waals surface area (Å²) >= 11 is 12.2. The van der Waals surface area contributed by atoms with Crippen molar-refractivity contribution >= 4 is 55.7 Å². The first kappa shape index (κ1) is 23.3. The lowest BCUT2D eigenvalue weighted by Gasteiger charge is -2.07. The van der Waals surface area contributed by atoms with Crippen molar-refractivity contribution in [2.75, 3.05) is 18.1 Å². The zero-order valence-corrected chi connectivity index (χ0v) is 20.0. The Morgan fingerprint density at radius 2 is 1.79 bits per heavy atom. The Bertz CT molecular complexity index is 1480. The minimum atomic E-state index is -3.40. The number of benzene rings is 3. The van der Waals surface area contributed by atoms with Gasteiger partial charge in [0.05, 0.1) is 17.9 Å². The van der Waals surface area contributed by atoms with Gasteiger partial charge in [-0.2, -0.15) is 0 Å². The van der Waals surface area contributed by atoms with E-state index in [2.05, 4.69) is 4.72 Å². The summed E-state index contributed by atoms with van der Waals surface area (Å²) in [4.78, 5) is 13.2. The van der Waals surface area contributed by atoms with Gasteiger partial charge in [0.25, 0.3) is 0 Å². The third-order valence-electron chi connectivity index (χ3n) is 4.96. The number of hydrogen-bond donors (Lipinski definition) is 1. The molecule has 1 aromatic heterocycles. The van der Waals surface area contributed by atoms with Gasteiger partial charge < -0.3 is 9.15 Å². The van der Waals surface area contributed by atoms with Gasteiger partial charge in [-0.1, -0.05) is 47.5 Å². The lowest BCUT2D eigenvalue weighted by molar-refractivity contribution is 0.100. The van der Waals surface area contributed by atoms with Gasteiger partial charge in [-0.15, -0.1) is 0 Å². The molecule has 4 rings (SSSR count). The summed E-state index contributed by atoms with van der Waals surface area (Å²) in [6.07, 6.45) is 1.09. The van der Waals surface area contributed by atoms with E-state index in [0.717, 1.165) is 22.8 Å². The highest BCUT2D eigenvalue weighted by atomic mass is 35.5. The Balaban J connectivity index is 1.79. The number of carbonyl (C=O) groups excluding carboxylic acids is 1. The highest BCUT2D eigenvalue weighted by Crippen LogP contribution is 2.34. The van der Waals surface area contributed by atoms with Gasteiger partial charge >= 0.3 is 0 Å². The minimum Gasteiger partial charge on any atom is -0.452 e. The van der Waals surface area contributed by atoms with Crippen molar-refractivity contribution in [1.29, 1.82) is 0 Å². The maximum atomic E-state index is 13.2. The van der Waals surface area contributed by atoms with Crippen LogP contribution in [0.15, 0.2) is 65.1 Å². The number of furan rings is 1. The standard InChI is InChI=1S/C24H19Cl2NO5S/c1-31-13-20-18-8-6-15(14-4-3-5-17(10-14)27-33(2,29)30)11-22(18)32-24(20)23(28)19-9-7-16(25)12-21(19)26/h3-12,27H,13H2,1-2H3. The van der Waals surface area contributed by atoms with Gasteiger partial charge in [-0.05, 0) is 47.5 Å². The number of ether oxygens (including phenoxy) is 1. The topological polar surface area (TPSA) is 85.6 Å². The molecule has 4 aromatic rings. The number of ketones is 1. The monoisotopic (exact) mass is 503 g/mol. The van der Waals surface area contributed by atoms with E-state index in [4.69, 9.17) is 32.4 Å². The van der Waals surface area contributed by atoms with E-state index in [0.29, 0.717) is 21.9 Å². The highest BCUT2D eigenvalue weighted by molar-refractivity contribution is 7.92. The molecule has 0 atom stereocenters. The molecule has 0 radical (unpaired) electrons. The zero-order chi connectivity index (χ0) is 23.8. The Hall–Kier alpha value is -2.84. The molecule has 33 heavy (non-hydrogen) atoms. The number of methoxy groups -OCH3 is 1. The van der Waals surface area contributed by atoms with Crippen LogP contribution in [0.2, 0.25) is 10.0 Å². The number of rotatable bonds is 7. The Morgan fingerprint density at radius 1 is 1.03 bits per heavy atom. The predicted octanol–water partition coefficient (Wildman–Crippen LogP) is 6.16. The zero-order valence-electron chi connectivity index (χ0n) is 17.7. The Kier molecular flexibility index (Phi) is 6.50. The largest absolute Gasteiger partial charge is 0.452 e. The molecule has 0 amide bonds. The number of halogens is 2. The van der Waals surface area contributed by atoms with E-state index in [1.165, 1.54) is 13.2 Å². The molecule has 6 nitrogen and oxygen atoms in total. The first-order valence-corrected chi connectivity index (χ1v) is 12.4. The van der Waals surface area contributed by atoms with Crippen molar-refractivity contribution in [1.82, 2.24) is 0 Å². The molecular formula is C24H19Cl2NO5S. The van der Waals surface area contributed by atoms with Crippen LogP contribution in [0.5, 0.6) is 0 Å². The SMILES string of the molecule is COCc1c(C(=O)c2ccc(Cl)cc2Cl)oc2cc(-c3cccc(NS(C)(=O)=O)c3)ccc12. The highest BCUT2D eigenvalue weighted by Gasteiger charge is 2.24. The lowest BCUT2D eigenvalue weighted by Crippen LogP contribution is -2.09. The van der Waals surface area contributed by atoms with E-state index in [9.17, 15) is 13.2 Å². The smallest absolute Gasteiger partial charge is 0.230 e. The maximum Gasteiger partial charge on any atom is 0.230 e. The van der Waals surface area contributed by atoms with E-state index >= 15 is 0 Å². The molecule has 1 heterocycles. The molecule has 0 unspecified atom stereocenters. The summed E-state index contributed by atoms with van der Waals surface area (Å²) in [6, 6.07) is 17.2. The summed E-state index contributed by atoms with van der Waals surface area (Å²) in [5.74, 6) is -0.235. The fraction of sp³-hybridized carbons (Fsp3) is 0.125. The molecule has 0 aliphatic heterocycles. The van der Waals surface area contributed by atoms with Crippen molar-refractivity contribution in [2.45, 2.75) is 6.61 Å². The summed E-state index contributed by atoms with van der Waals surface area (Å²) in [7, 11) is -1.86. The summed E-state index contributed by atoms with van der Waals surface area (Å²) < 4.78 is 36.9. The van der Waals surface area contributed by atoms with Crippen LogP contribution in [0.25, 0.3) is 22.1 Å². The van der Waals surface area contributed by atoms with Crippen LogP contribution in [0.4, 0.5) is 5.69 Å². The van der Waals surface area contributed by atoms with Crippen LogP contribution in [0, 0.1) is 0 Å². The molecule has 0 spiro atoms. The van der Waals surface area contributed by atoms with Gasteiger partial charge in [-0.3, -0.25) is 9.52 Å². The van der Waals surface area contributed by atoms with Crippen molar-refractivity contribution in [3.8, 4) is 11.1 Å². The van der Waals surface area contributed by atoms with Crippen molar-refractivity contribution in [2.24, 2.45) is 0 Å². The third kappa shape index (κ3) is 5.07. The van der Waals surface area contributed by atoms with Crippen LogP contribution >= 0.6 is 23.2 Å². The van der Waals surface area contributed by atoms with Crippen molar-refractivity contribution < 1.29 is 22.4 Å². The molecule has 0 aliphatic carbocycles. The number of fused-ring (bicyclic) bond motifs is 1. The molecule has 9 heteroatoms. The fourth-order valence-corrected chi connectivity index (χ4v) is 4.62. The first-order valence-electron chi connectivity index (χ1n) is 9.78. The molecule has 3 aromatic carbocycles. The van der Waals surface area contributed by atoms with Gasteiger partial charge in [0.1, 0.15) is 5.58 Å². The minimum absolute atomic E-state index is 0.140. The number of sulfonamides is 1. The van der Waals surface area contributed by atoms with Crippen LogP contribution in [0.3, 0.4) is 0 Å². The molecule has 170 valence electrons. The molecule has 0 saturated carbocycles. The maximum absolute atomic E-state index is 13.2. The second kappa shape index (κ2) is 9.19. The lowest BCUT2D eigenvalue weighted by atomic mass is 10.0. The number of carbonyl (C=O) groups is 1. The average Bonchev–Trinajstić information content (AvgIpc) is 3.10. The Morgan fingerprint density at radius 3 is 2.48 bits per heavy atom. The van der Waals surface area contributed by atoms with Gasteiger partial charge in [0.15, 0.2) is 5.76 Å². The van der Waals surface area contributed by atoms with E-state index in [-0.39, 0.29) is 28.7 Å². The molecular weight excluding hydrogens is 485 g/mol.